The summed E-state index contributed by atoms with van der Waals surface area (Å²) in [5.41, 5.74) is 11.5. The first-order chi connectivity index (χ1) is 14.2. The second-order valence-corrected chi connectivity index (χ2v) is 8.50. The summed E-state index contributed by atoms with van der Waals surface area (Å²) in [7, 11) is 0. The lowest BCUT2D eigenvalue weighted by molar-refractivity contribution is -0.120. The average Bonchev–Trinajstić information content (AvgIpc) is 2.73. The minimum absolute atomic E-state index is 0.244. The van der Waals surface area contributed by atoms with E-state index in [2.05, 4.69) is 17.6 Å². The number of nitrogens with one attached hydrogen (secondary N) is 2. The largest absolute Gasteiger partial charge is 0.330 e. The van der Waals surface area contributed by atoms with Crippen LogP contribution in [-0.4, -0.2) is 44.5 Å². The number of unbranched alkanes of at least 4 members (excludes halogenated alkanes) is 10. The number of Topliss-reactive ketones (excluding diaryl/α,β-unsaturated/α-hetero) is 1. The first-order valence-corrected chi connectivity index (χ1v) is 12.6. The van der Waals surface area contributed by atoms with Crippen LogP contribution in [0.3, 0.4) is 0 Å². The smallest absolute Gasteiger partial charge is 0.149 e. The molecule has 0 fully saturated rings. The molecule has 0 unspecified atom stereocenters. The van der Waals surface area contributed by atoms with Crippen molar-refractivity contribution in [1.82, 2.24) is 10.6 Å². The lowest BCUT2D eigenvalue weighted by Gasteiger charge is -2.11. The van der Waals surface area contributed by atoms with Crippen LogP contribution in [0, 0.1) is 0 Å². The highest BCUT2D eigenvalue weighted by Gasteiger charge is 2.12. The molecule has 0 radical (unpaired) electrons. The topological polar surface area (TPSA) is 93.2 Å². The third kappa shape index (κ3) is 22.0. The maximum absolute atomic E-state index is 12.1. The number of carbonyl (C=O) groups excluding carboxylic acids is 1. The first-order valence-electron chi connectivity index (χ1n) is 12.6. The Bertz CT molecular complexity index is 339. The van der Waals surface area contributed by atoms with E-state index in [-0.39, 0.29) is 11.8 Å². The van der Waals surface area contributed by atoms with Crippen LogP contribution >= 0.6 is 0 Å². The summed E-state index contributed by atoms with van der Waals surface area (Å²) < 4.78 is 0. The predicted molar refractivity (Wildman–Crippen MR) is 127 cm³/mol. The van der Waals surface area contributed by atoms with E-state index in [4.69, 9.17) is 11.5 Å². The van der Waals surface area contributed by atoms with Crippen LogP contribution in [0.1, 0.15) is 110 Å². The minimum atomic E-state index is -0.244. The van der Waals surface area contributed by atoms with Gasteiger partial charge in [-0.2, -0.15) is 0 Å². The summed E-state index contributed by atoms with van der Waals surface area (Å²) >= 11 is 0. The zero-order valence-electron chi connectivity index (χ0n) is 19.5. The quantitative estimate of drug-likeness (QED) is 0.178. The van der Waals surface area contributed by atoms with Crippen molar-refractivity contribution in [2.75, 3.05) is 32.7 Å². The normalized spacial score (nSPS) is 12.4. The average molecular weight is 413 g/mol. The summed E-state index contributed by atoms with van der Waals surface area (Å²) in [5, 5.41) is 6.91. The highest BCUT2D eigenvalue weighted by molar-refractivity contribution is 5.83. The molecule has 0 bridgehead atoms. The number of hydrogen-bond donors (Lipinski definition) is 4. The summed E-state index contributed by atoms with van der Waals surface area (Å²) in [4.78, 5) is 12.1. The molecule has 29 heavy (non-hydrogen) atoms. The maximum Gasteiger partial charge on any atom is 0.149 e. The van der Waals surface area contributed by atoms with Gasteiger partial charge in [0.2, 0.25) is 0 Å². The molecule has 0 saturated carbocycles. The zero-order chi connectivity index (χ0) is 21.4. The summed E-state index contributed by atoms with van der Waals surface area (Å²) in [5.74, 6) is 0.265. The van der Waals surface area contributed by atoms with Crippen molar-refractivity contribution >= 4 is 5.78 Å². The fourth-order valence-electron chi connectivity index (χ4n) is 3.55. The second kappa shape index (κ2) is 23.8. The molecule has 0 saturated heterocycles. The van der Waals surface area contributed by atoms with Gasteiger partial charge in [-0.3, -0.25) is 4.79 Å². The van der Waals surface area contributed by atoms with Gasteiger partial charge in [-0.25, -0.2) is 0 Å². The molecule has 5 heteroatoms. The molecule has 0 aromatic heterocycles. The molecule has 0 rings (SSSR count). The van der Waals surface area contributed by atoms with Crippen LogP contribution in [0.5, 0.6) is 0 Å². The van der Waals surface area contributed by atoms with Crippen LogP contribution in [0.15, 0.2) is 0 Å². The molecule has 0 amide bonds. The van der Waals surface area contributed by atoms with Gasteiger partial charge in [-0.1, -0.05) is 64.7 Å². The SMILES string of the molecule is CCCCCCNCCCC[C@H](N)C(=O)CCCCCCCCCNCCCN. The molecule has 0 aliphatic carbocycles. The highest BCUT2D eigenvalue weighted by atomic mass is 16.1. The molecular formula is C24H52N4O. The number of rotatable bonds is 24. The lowest BCUT2D eigenvalue weighted by Crippen LogP contribution is -2.30. The summed E-state index contributed by atoms with van der Waals surface area (Å²) in [6, 6.07) is -0.244. The van der Waals surface area contributed by atoms with Gasteiger partial charge in [-0.15, -0.1) is 0 Å². The Hall–Kier alpha value is -0.490. The number of ketones is 1. The number of carbonyl (C=O) groups is 1. The Morgan fingerprint density at radius 3 is 1.76 bits per heavy atom. The molecule has 5 nitrogen and oxygen atoms in total. The fraction of sp³-hybridized carbons (Fsp3) is 0.958. The summed E-state index contributed by atoms with van der Waals surface area (Å²) in [6.45, 7) is 7.35. The van der Waals surface area contributed by atoms with E-state index in [1.807, 2.05) is 0 Å². The Morgan fingerprint density at radius 2 is 1.17 bits per heavy atom. The van der Waals surface area contributed by atoms with Crippen LogP contribution < -0.4 is 22.1 Å². The summed E-state index contributed by atoms with van der Waals surface area (Å²) in [6.07, 6.45) is 18.5. The van der Waals surface area contributed by atoms with Gasteiger partial charge in [-0.05, 0) is 71.2 Å². The van der Waals surface area contributed by atoms with Gasteiger partial charge in [0.1, 0.15) is 5.78 Å². The Labute approximate surface area is 181 Å². The minimum Gasteiger partial charge on any atom is -0.330 e. The Balaban J connectivity index is 3.30. The standard InChI is InChI=1S/C24H52N4O/c1-2-3-4-12-19-27-21-14-11-16-23(26)24(29)17-10-8-6-5-7-9-13-20-28-22-15-18-25/h23,27-28H,2-22,25-26H2,1H3/t23-/m0/s1. The van der Waals surface area contributed by atoms with Crippen molar-refractivity contribution in [2.24, 2.45) is 11.5 Å². The van der Waals surface area contributed by atoms with Gasteiger partial charge in [0, 0.05) is 6.42 Å². The monoisotopic (exact) mass is 412 g/mol. The van der Waals surface area contributed by atoms with Crippen molar-refractivity contribution in [1.29, 1.82) is 0 Å². The van der Waals surface area contributed by atoms with Crippen LogP contribution in [0.2, 0.25) is 0 Å². The van der Waals surface area contributed by atoms with E-state index in [0.29, 0.717) is 6.42 Å². The third-order valence-corrected chi connectivity index (χ3v) is 5.57. The third-order valence-electron chi connectivity index (χ3n) is 5.57. The van der Waals surface area contributed by atoms with Gasteiger partial charge in [0.15, 0.2) is 0 Å². The van der Waals surface area contributed by atoms with Crippen LogP contribution in [0.4, 0.5) is 0 Å². The molecule has 0 aromatic carbocycles. The van der Waals surface area contributed by atoms with Gasteiger partial charge < -0.3 is 22.1 Å². The van der Waals surface area contributed by atoms with E-state index in [1.54, 1.807) is 0 Å². The van der Waals surface area contributed by atoms with E-state index >= 15 is 0 Å². The van der Waals surface area contributed by atoms with Gasteiger partial charge >= 0.3 is 0 Å². The van der Waals surface area contributed by atoms with E-state index in [9.17, 15) is 4.79 Å². The van der Waals surface area contributed by atoms with E-state index in [0.717, 1.165) is 71.2 Å². The molecule has 1 atom stereocenters. The lowest BCUT2D eigenvalue weighted by atomic mass is 10.0. The molecule has 0 spiro atoms. The van der Waals surface area contributed by atoms with E-state index in [1.165, 1.54) is 57.8 Å². The van der Waals surface area contributed by atoms with Crippen molar-refractivity contribution < 1.29 is 4.79 Å². The maximum atomic E-state index is 12.1. The van der Waals surface area contributed by atoms with Crippen molar-refractivity contribution in [2.45, 2.75) is 116 Å². The zero-order valence-corrected chi connectivity index (χ0v) is 19.5. The predicted octanol–water partition coefficient (Wildman–Crippen LogP) is 4.28. The van der Waals surface area contributed by atoms with Gasteiger partial charge in [0.05, 0.1) is 6.04 Å². The molecule has 0 aliphatic heterocycles. The molecule has 0 aliphatic rings. The molecule has 0 heterocycles. The Morgan fingerprint density at radius 1 is 0.690 bits per heavy atom. The first kappa shape index (κ1) is 28.5. The van der Waals surface area contributed by atoms with E-state index < -0.39 is 0 Å². The number of hydrogen-bond acceptors (Lipinski definition) is 5. The van der Waals surface area contributed by atoms with Gasteiger partial charge in [0.25, 0.3) is 0 Å². The van der Waals surface area contributed by atoms with Crippen LogP contribution in [-0.2, 0) is 4.79 Å². The number of nitrogens with two attached hydrogens (primary N) is 2. The van der Waals surface area contributed by atoms with Crippen molar-refractivity contribution in [3.05, 3.63) is 0 Å². The molecule has 174 valence electrons. The fourth-order valence-corrected chi connectivity index (χ4v) is 3.55. The van der Waals surface area contributed by atoms with Crippen molar-refractivity contribution in [3.8, 4) is 0 Å². The van der Waals surface area contributed by atoms with Crippen LogP contribution in [0.25, 0.3) is 0 Å². The highest BCUT2D eigenvalue weighted by Crippen LogP contribution is 2.10. The van der Waals surface area contributed by atoms with Crippen molar-refractivity contribution in [3.63, 3.8) is 0 Å². The molecule has 6 N–H and O–H groups in total. The Kier molecular flexibility index (Phi) is 23.4. The molecule has 0 aromatic rings. The molecular weight excluding hydrogens is 360 g/mol. The second-order valence-electron chi connectivity index (χ2n) is 8.50.